The second-order valence-electron chi connectivity index (χ2n) is 4.69. The minimum absolute atomic E-state index is 0.207. The lowest BCUT2D eigenvalue weighted by atomic mass is 9.99. The van der Waals surface area contributed by atoms with Crippen molar-refractivity contribution in [1.82, 2.24) is 0 Å². The van der Waals surface area contributed by atoms with Crippen LogP contribution in [0.25, 0.3) is 0 Å². The highest BCUT2D eigenvalue weighted by Gasteiger charge is 2.24. The summed E-state index contributed by atoms with van der Waals surface area (Å²) in [6.45, 7) is 4.08. The molecule has 1 saturated heterocycles. The van der Waals surface area contributed by atoms with Crippen LogP contribution in [0, 0.1) is 5.82 Å². The molecule has 0 aromatic heterocycles. The number of ether oxygens (including phenoxy) is 1. The van der Waals surface area contributed by atoms with E-state index in [0.717, 1.165) is 12.8 Å². The molecule has 0 saturated carbocycles. The Bertz CT molecular complexity index is 389. The fourth-order valence-corrected chi connectivity index (χ4v) is 2.52. The minimum atomic E-state index is -0.263. The first-order valence-corrected chi connectivity index (χ1v) is 6.29. The van der Waals surface area contributed by atoms with Crippen LogP contribution in [0.3, 0.4) is 0 Å². The lowest BCUT2D eigenvalue weighted by Gasteiger charge is -2.33. The highest BCUT2D eigenvalue weighted by atomic mass is 35.5. The molecule has 1 heterocycles. The fraction of sp³-hybridized carbons (Fsp3) is 0.538. The summed E-state index contributed by atoms with van der Waals surface area (Å²) in [5, 5.41) is 3.75. The average Bonchev–Trinajstić information content (AvgIpc) is 2.22. The summed E-state index contributed by atoms with van der Waals surface area (Å²) < 4.78 is 19.2. The second-order valence-corrected chi connectivity index (χ2v) is 5.13. The monoisotopic (exact) mass is 257 g/mol. The number of benzene rings is 1. The van der Waals surface area contributed by atoms with Gasteiger partial charge in [-0.05, 0) is 44.9 Å². The topological polar surface area (TPSA) is 21.3 Å². The Hall–Kier alpha value is -0.800. The molecule has 1 aromatic rings. The van der Waals surface area contributed by atoms with Crippen molar-refractivity contribution in [1.29, 1.82) is 0 Å². The maximum atomic E-state index is 13.6. The van der Waals surface area contributed by atoms with Crippen molar-refractivity contribution in [3.8, 4) is 0 Å². The van der Waals surface area contributed by atoms with Gasteiger partial charge < -0.3 is 10.1 Å². The predicted molar refractivity (Wildman–Crippen MR) is 68.1 cm³/mol. The first-order chi connectivity index (χ1) is 8.04. The van der Waals surface area contributed by atoms with Crippen molar-refractivity contribution in [2.45, 2.75) is 44.9 Å². The van der Waals surface area contributed by atoms with E-state index in [1.54, 1.807) is 12.1 Å². The molecule has 2 unspecified atom stereocenters. The smallest absolute Gasteiger partial charge is 0.146 e. The maximum absolute atomic E-state index is 13.6. The van der Waals surface area contributed by atoms with Gasteiger partial charge in [0.2, 0.25) is 0 Å². The lowest BCUT2D eigenvalue weighted by molar-refractivity contribution is -0.0338. The molecule has 1 N–H and O–H groups in total. The number of anilines is 1. The van der Waals surface area contributed by atoms with Crippen LogP contribution in [0.2, 0.25) is 5.02 Å². The molecule has 1 aliphatic rings. The van der Waals surface area contributed by atoms with Crippen molar-refractivity contribution in [2.75, 3.05) is 5.32 Å². The Morgan fingerprint density at radius 3 is 2.59 bits per heavy atom. The Morgan fingerprint density at radius 1 is 1.29 bits per heavy atom. The molecule has 2 nitrogen and oxygen atoms in total. The van der Waals surface area contributed by atoms with Gasteiger partial charge in [0, 0.05) is 11.1 Å². The van der Waals surface area contributed by atoms with E-state index < -0.39 is 0 Å². The van der Waals surface area contributed by atoms with E-state index in [-0.39, 0.29) is 24.1 Å². The van der Waals surface area contributed by atoms with Crippen LogP contribution in [-0.4, -0.2) is 18.2 Å². The van der Waals surface area contributed by atoms with Crippen LogP contribution in [0.1, 0.15) is 26.7 Å². The highest BCUT2D eigenvalue weighted by Crippen LogP contribution is 2.25. The van der Waals surface area contributed by atoms with Crippen molar-refractivity contribution in [3.63, 3.8) is 0 Å². The van der Waals surface area contributed by atoms with Crippen LogP contribution in [0.4, 0.5) is 10.1 Å². The summed E-state index contributed by atoms with van der Waals surface area (Å²) in [7, 11) is 0. The summed E-state index contributed by atoms with van der Waals surface area (Å²) in [5.74, 6) is -0.263. The molecule has 0 amide bonds. The van der Waals surface area contributed by atoms with Crippen molar-refractivity contribution in [2.24, 2.45) is 0 Å². The normalized spacial score (nSPS) is 29.1. The molecule has 2 rings (SSSR count). The Kier molecular flexibility index (Phi) is 3.89. The molecule has 1 aliphatic heterocycles. The van der Waals surface area contributed by atoms with E-state index in [4.69, 9.17) is 16.3 Å². The van der Waals surface area contributed by atoms with Crippen LogP contribution < -0.4 is 5.32 Å². The van der Waals surface area contributed by atoms with Gasteiger partial charge in [-0.2, -0.15) is 0 Å². The number of hydrogen-bond acceptors (Lipinski definition) is 2. The van der Waals surface area contributed by atoms with E-state index in [0.29, 0.717) is 10.7 Å². The molecule has 1 aromatic carbocycles. The van der Waals surface area contributed by atoms with Crippen LogP contribution in [-0.2, 0) is 4.74 Å². The van der Waals surface area contributed by atoms with Crippen LogP contribution in [0.15, 0.2) is 18.2 Å². The fourth-order valence-electron chi connectivity index (χ4n) is 2.35. The quantitative estimate of drug-likeness (QED) is 0.869. The Balaban J connectivity index is 2.07. The summed E-state index contributed by atoms with van der Waals surface area (Å²) >= 11 is 5.86. The van der Waals surface area contributed by atoms with Crippen molar-refractivity contribution in [3.05, 3.63) is 29.0 Å². The van der Waals surface area contributed by atoms with Gasteiger partial charge in [-0.1, -0.05) is 11.6 Å². The molecule has 2 atom stereocenters. The number of nitrogens with one attached hydrogen (secondary N) is 1. The summed E-state index contributed by atoms with van der Waals surface area (Å²) in [5.41, 5.74) is 0.476. The lowest BCUT2D eigenvalue weighted by Crippen LogP contribution is -2.37. The first-order valence-electron chi connectivity index (χ1n) is 5.91. The second kappa shape index (κ2) is 5.23. The zero-order valence-electron chi connectivity index (χ0n) is 10.0. The molecule has 0 spiro atoms. The third-order valence-corrected chi connectivity index (χ3v) is 3.22. The van der Waals surface area contributed by atoms with Gasteiger partial charge in [-0.3, -0.25) is 0 Å². The zero-order valence-corrected chi connectivity index (χ0v) is 10.8. The summed E-state index contributed by atoms with van der Waals surface area (Å²) in [6.07, 6.45) is 2.18. The molecule has 1 fully saturated rings. The van der Waals surface area contributed by atoms with Gasteiger partial charge in [-0.25, -0.2) is 4.39 Å². The predicted octanol–water partition coefficient (Wildman–Crippen LogP) is 3.85. The third-order valence-electron chi connectivity index (χ3n) is 2.99. The van der Waals surface area contributed by atoms with Gasteiger partial charge in [0.15, 0.2) is 0 Å². The molecule has 0 aliphatic carbocycles. The van der Waals surface area contributed by atoms with Gasteiger partial charge >= 0.3 is 0 Å². The SMILES string of the molecule is CC1CC(Nc2cc(Cl)ccc2F)CC(C)O1. The van der Waals surface area contributed by atoms with E-state index in [1.165, 1.54) is 6.07 Å². The minimum Gasteiger partial charge on any atom is -0.380 e. The number of rotatable bonds is 2. The van der Waals surface area contributed by atoms with E-state index in [1.807, 2.05) is 13.8 Å². The summed E-state index contributed by atoms with van der Waals surface area (Å²) in [4.78, 5) is 0. The molecule has 0 radical (unpaired) electrons. The zero-order chi connectivity index (χ0) is 12.4. The van der Waals surface area contributed by atoms with Crippen molar-refractivity contribution >= 4 is 17.3 Å². The Labute approximate surface area is 106 Å². The third kappa shape index (κ3) is 3.33. The van der Waals surface area contributed by atoms with E-state index >= 15 is 0 Å². The van der Waals surface area contributed by atoms with Crippen LogP contribution >= 0.6 is 11.6 Å². The molecule has 17 heavy (non-hydrogen) atoms. The highest BCUT2D eigenvalue weighted by molar-refractivity contribution is 6.30. The van der Waals surface area contributed by atoms with Gasteiger partial charge in [0.25, 0.3) is 0 Å². The standard InChI is InChI=1S/C13H17ClFNO/c1-8-5-11(6-9(2)17-8)16-13-7-10(14)3-4-12(13)15/h3-4,7-9,11,16H,5-6H2,1-2H3. The summed E-state index contributed by atoms with van der Waals surface area (Å²) in [6, 6.07) is 4.80. The first kappa shape index (κ1) is 12.7. The number of hydrogen-bond donors (Lipinski definition) is 1. The maximum Gasteiger partial charge on any atom is 0.146 e. The average molecular weight is 258 g/mol. The molecule has 0 bridgehead atoms. The van der Waals surface area contributed by atoms with E-state index in [2.05, 4.69) is 5.32 Å². The molecule has 94 valence electrons. The van der Waals surface area contributed by atoms with Crippen LogP contribution in [0.5, 0.6) is 0 Å². The Morgan fingerprint density at radius 2 is 1.94 bits per heavy atom. The molecule has 4 heteroatoms. The van der Waals surface area contributed by atoms with Crippen molar-refractivity contribution < 1.29 is 9.13 Å². The van der Waals surface area contributed by atoms with Gasteiger partial charge in [0.1, 0.15) is 5.82 Å². The van der Waals surface area contributed by atoms with Gasteiger partial charge in [0.05, 0.1) is 17.9 Å². The number of halogens is 2. The van der Waals surface area contributed by atoms with E-state index in [9.17, 15) is 4.39 Å². The molecular formula is C13H17ClFNO. The van der Waals surface area contributed by atoms with Gasteiger partial charge in [-0.15, -0.1) is 0 Å². The largest absolute Gasteiger partial charge is 0.380 e. The molecular weight excluding hydrogens is 241 g/mol.